The summed E-state index contributed by atoms with van der Waals surface area (Å²) in [7, 11) is 0. The fourth-order valence-electron chi connectivity index (χ4n) is 2.08. The summed E-state index contributed by atoms with van der Waals surface area (Å²) in [6.45, 7) is 3.02. The van der Waals surface area contributed by atoms with Crippen LogP contribution >= 0.6 is 15.9 Å². The molecule has 20 heavy (non-hydrogen) atoms. The van der Waals surface area contributed by atoms with E-state index in [0.29, 0.717) is 12.6 Å². The number of hydrogen-bond acceptors (Lipinski definition) is 3. The molecule has 0 radical (unpaired) electrons. The van der Waals surface area contributed by atoms with Crippen molar-refractivity contribution in [3.8, 4) is 11.3 Å². The Labute approximate surface area is 127 Å². The third-order valence-electron chi connectivity index (χ3n) is 3.31. The lowest BCUT2D eigenvalue weighted by Gasteiger charge is -2.14. The number of rotatable bonds is 7. The molecule has 0 aliphatic rings. The number of halogens is 1. The Bertz CT molecular complexity index is 524. The Morgan fingerprint density at radius 3 is 2.75 bits per heavy atom. The third kappa shape index (κ3) is 4.16. The summed E-state index contributed by atoms with van der Waals surface area (Å²) in [5, 5.41) is 12.4. The van der Waals surface area contributed by atoms with E-state index in [1.807, 2.05) is 18.3 Å². The van der Waals surface area contributed by atoms with E-state index < -0.39 is 0 Å². The first-order valence-corrected chi connectivity index (χ1v) is 7.66. The standard InChI is InChI=1S/C15H20BrN3O/c1-2-13(7-8-20)17-10-15-18-9-14(19-15)11-3-5-12(16)6-4-11/h3-6,9,13,17,20H,2,7-8,10H2,1H3,(H,18,19). The molecular weight excluding hydrogens is 318 g/mol. The first-order valence-electron chi connectivity index (χ1n) is 6.87. The monoisotopic (exact) mass is 337 g/mol. The van der Waals surface area contributed by atoms with Crippen molar-refractivity contribution in [1.82, 2.24) is 15.3 Å². The van der Waals surface area contributed by atoms with Gasteiger partial charge >= 0.3 is 0 Å². The second-order valence-electron chi connectivity index (χ2n) is 4.75. The van der Waals surface area contributed by atoms with E-state index in [4.69, 9.17) is 5.11 Å². The maximum Gasteiger partial charge on any atom is 0.120 e. The zero-order valence-corrected chi connectivity index (χ0v) is 13.2. The van der Waals surface area contributed by atoms with Crippen LogP contribution in [0.1, 0.15) is 25.6 Å². The molecule has 0 aliphatic carbocycles. The molecule has 1 aromatic carbocycles. The molecule has 1 unspecified atom stereocenters. The van der Waals surface area contributed by atoms with Crippen LogP contribution in [0.2, 0.25) is 0 Å². The summed E-state index contributed by atoms with van der Waals surface area (Å²) in [6.07, 6.45) is 3.63. The second kappa shape index (κ2) is 7.57. The van der Waals surface area contributed by atoms with Crippen molar-refractivity contribution in [2.45, 2.75) is 32.4 Å². The van der Waals surface area contributed by atoms with Gasteiger partial charge in [-0.05, 0) is 30.5 Å². The van der Waals surface area contributed by atoms with E-state index in [-0.39, 0.29) is 6.61 Å². The minimum Gasteiger partial charge on any atom is -0.396 e. The topological polar surface area (TPSA) is 60.9 Å². The van der Waals surface area contributed by atoms with Crippen LogP contribution < -0.4 is 5.32 Å². The minimum atomic E-state index is 0.216. The highest BCUT2D eigenvalue weighted by Crippen LogP contribution is 2.19. The molecule has 5 heteroatoms. The Kier molecular flexibility index (Phi) is 5.76. The first-order chi connectivity index (χ1) is 9.72. The van der Waals surface area contributed by atoms with Gasteiger partial charge in [-0.2, -0.15) is 0 Å². The number of hydrogen-bond donors (Lipinski definition) is 3. The third-order valence-corrected chi connectivity index (χ3v) is 3.84. The molecule has 3 N–H and O–H groups in total. The van der Waals surface area contributed by atoms with Crippen LogP contribution in [0.25, 0.3) is 11.3 Å². The lowest BCUT2D eigenvalue weighted by atomic mass is 10.1. The van der Waals surface area contributed by atoms with Gasteiger partial charge < -0.3 is 15.4 Å². The summed E-state index contributed by atoms with van der Waals surface area (Å²) < 4.78 is 1.07. The molecule has 0 spiro atoms. The highest BCUT2D eigenvalue weighted by molar-refractivity contribution is 9.10. The molecule has 0 amide bonds. The van der Waals surface area contributed by atoms with Crippen molar-refractivity contribution in [1.29, 1.82) is 0 Å². The smallest absolute Gasteiger partial charge is 0.120 e. The highest BCUT2D eigenvalue weighted by Gasteiger charge is 2.07. The van der Waals surface area contributed by atoms with E-state index in [1.54, 1.807) is 0 Å². The Hall–Kier alpha value is -1.17. The molecule has 4 nitrogen and oxygen atoms in total. The lowest BCUT2D eigenvalue weighted by Crippen LogP contribution is -2.29. The number of H-pyrrole nitrogens is 1. The van der Waals surface area contributed by atoms with Crippen LogP contribution in [-0.2, 0) is 6.54 Å². The largest absolute Gasteiger partial charge is 0.396 e. The van der Waals surface area contributed by atoms with Gasteiger partial charge in [0.15, 0.2) is 0 Å². The second-order valence-corrected chi connectivity index (χ2v) is 5.66. The average molecular weight is 338 g/mol. The minimum absolute atomic E-state index is 0.216. The van der Waals surface area contributed by atoms with Gasteiger partial charge in [0.2, 0.25) is 0 Å². The van der Waals surface area contributed by atoms with E-state index >= 15 is 0 Å². The van der Waals surface area contributed by atoms with Crippen LogP contribution in [0.3, 0.4) is 0 Å². The predicted octanol–water partition coefficient (Wildman–Crippen LogP) is 3.09. The number of aliphatic hydroxyl groups is 1. The summed E-state index contributed by atoms with van der Waals surface area (Å²) in [4.78, 5) is 7.71. The van der Waals surface area contributed by atoms with E-state index in [1.165, 1.54) is 0 Å². The van der Waals surface area contributed by atoms with Crippen molar-refractivity contribution in [2.75, 3.05) is 6.61 Å². The quantitative estimate of drug-likeness (QED) is 0.727. The number of nitrogens with one attached hydrogen (secondary N) is 2. The predicted molar refractivity (Wildman–Crippen MR) is 84.3 cm³/mol. The van der Waals surface area contributed by atoms with Gasteiger partial charge in [-0.3, -0.25) is 0 Å². The summed E-state index contributed by atoms with van der Waals surface area (Å²) >= 11 is 3.43. The van der Waals surface area contributed by atoms with Gasteiger partial charge in [-0.1, -0.05) is 35.0 Å². The van der Waals surface area contributed by atoms with Crippen LogP contribution in [0.15, 0.2) is 34.9 Å². The van der Waals surface area contributed by atoms with Crippen LogP contribution in [0.4, 0.5) is 0 Å². The maximum absolute atomic E-state index is 8.97. The Morgan fingerprint density at radius 1 is 1.35 bits per heavy atom. The van der Waals surface area contributed by atoms with Crippen molar-refractivity contribution in [3.63, 3.8) is 0 Å². The Morgan fingerprint density at radius 2 is 2.10 bits per heavy atom. The fraction of sp³-hybridized carbons (Fsp3) is 0.400. The van der Waals surface area contributed by atoms with E-state index in [2.05, 4.69) is 50.3 Å². The van der Waals surface area contributed by atoms with Crippen molar-refractivity contribution < 1.29 is 5.11 Å². The van der Waals surface area contributed by atoms with Gasteiger partial charge in [0.1, 0.15) is 5.82 Å². The molecule has 2 aromatic rings. The van der Waals surface area contributed by atoms with E-state index in [0.717, 1.165) is 34.4 Å². The molecule has 0 saturated carbocycles. The molecule has 1 heterocycles. The molecule has 108 valence electrons. The fourth-order valence-corrected chi connectivity index (χ4v) is 2.34. The molecule has 0 aliphatic heterocycles. The summed E-state index contributed by atoms with van der Waals surface area (Å²) in [5.41, 5.74) is 2.14. The zero-order valence-electron chi connectivity index (χ0n) is 11.6. The van der Waals surface area contributed by atoms with Crippen molar-refractivity contribution in [2.24, 2.45) is 0 Å². The van der Waals surface area contributed by atoms with Crippen molar-refractivity contribution >= 4 is 15.9 Å². The van der Waals surface area contributed by atoms with Gasteiger partial charge in [0.05, 0.1) is 18.4 Å². The lowest BCUT2D eigenvalue weighted by molar-refractivity contribution is 0.261. The molecule has 0 bridgehead atoms. The highest BCUT2D eigenvalue weighted by atomic mass is 79.9. The van der Waals surface area contributed by atoms with Gasteiger partial charge in [-0.25, -0.2) is 4.98 Å². The van der Waals surface area contributed by atoms with Gasteiger partial charge in [-0.15, -0.1) is 0 Å². The number of aromatic amines is 1. The number of aromatic nitrogens is 2. The van der Waals surface area contributed by atoms with Crippen LogP contribution in [-0.4, -0.2) is 27.7 Å². The van der Waals surface area contributed by atoms with Crippen LogP contribution in [0.5, 0.6) is 0 Å². The molecule has 0 saturated heterocycles. The first kappa shape index (κ1) is 15.2. The molecule has 1 atom stereocenters. The summed E-state index contributed by atoms with van der Waals surface area (Å²) in [6, 6.07) is 8.47. The average Bonchev–Trinajstić information content (AvgIpc) is 2.93. The molecule has 1 aromatic heterocycles. The van der Waals surface area contributed by atoms with Gasteiger partial charge in [0, 0.05) is 17.1 Å². The molecule has 0 fully saturated rings. The molecule has 2 rings (SSSR count). The number of benzene rings is 1. The SMILES string of the molecule is CCC(CCO)NCc1ncc(-c2ccc(Br)cc2)[nH]1. The number of nitrogens with zero attached hydrogens (tertiary/aromatic N) is 1. The zero-order chi connectivity index (χ0) is 14.4. The van der Waals surface area contributed by atoms with Crippen molar-refractivity contribution in [3.05, 3.63) is 40.8 Å². The number of imidazole rings is 1. The van der Waals surface area contributed by atoms with Gasteiger partial charge in [0.25, 0.3) is 0 Å². The van der Waals surface area contributed by atoms with E-state index in [9.17, 15) is 0 Å². The van der Waals surface area contributed by atoms with Crippen LogP contribution in [0, 0.1) is 0 Å². The normalized spacial score (nSPS) is 12.6. The molecular formula is C15H20BrN3O. The summed E-state index contributed by atoms with van der Waals surface area (Å²) in [5.74, 6) is 0.916. The Balaban J connectivity index is 1.96. The number of aliphatic hydroxyl groups excluding tert-OH is 1. The maximum atomic E-state index is 8.97.